The van der Waals surface area contributed by atoms with E-state index in [1.54, 1.807) is 0 Å². The van der Waals surface area contributed by atoms with Crippen LogP contribution in [0, 0.1) is 0 Å². The fraction of sp³-hybridized carbons (Fsp3) is 0.533. The van der Waals surface area contributed by atoms with Crippen molar-refractivity contribution in [3.05, 3.63) is 29.3 Å². The number of phenolic OH excluding ortho intramolecular Hbond substituents is 1. The van der Waals surface area contributed by atoms with E-state index in [9.17, 15) is 20.1 Å². The minimum absolute atomic E-state index is 0.0599. The summed E-state index contributed by atoms with van der Waals surface area (Å²) in [5.74, 6) is -1.44. The number of aliphatic hydroxyl groups excluding tert-OH is 1. The average molecular weight is 298 g/mol. The number of carbonyl (C=O) groups is 1. The maximum atomic E-state index is 10.8. The van der Waals surface area contributed by atoms with Crippen molar-refractivity contribution in [2.24, 2.45) is 0 Å². The lowest BCUT2D eigenvalue weighted by Gasteiger charge is -2.27. The molecular formula is C15H22O6. The first-order chi connectivity index (χ1) is 9.59. The molecule has 1 rings (SSSR count). The fourth-order valence-corrected chi connectivity index (χ4v) is 2.15. The Bertz CT molecular complexity index is 507. The molecule has 0 heterocycles. The van der Waals surface area contributed by atoms with Gasteiger partial charge in [0.1, 0.15) is 5.75 Å². The summed E-state index contributed by atoms with van der Waals surface area (Å²) in [6, 6.07) is 3.79. The molecule has 0 aliphatic heterocycles. The van der Waals surface area contributed by atoms with E-state index in [-0.39, 0.29) is 29.9 Å². The molecule has 1 aromatic rings. The lowest BCUT2D eigenvalue weighted by atomic mass is 9.87. The van der Waals surface area contributed by atoms with Crippen LogP contribution in [0.2, 0.25) is 0 Å². The topological polar surface area (TPSA) is 118 Å². The van der Waals surface area contributed by atoms with Crippen LogP contribution in [-0.2, 0) is 5.60 Å². The summed E-state index contributed by atoms with van der Waals surface area (Å²) in [5.41, 5.74) is -2.38. The highest BCUT2D eigenvalue weighted by molar-refractivity contribution is 5.88. The van der Waals surface area contributed by atoms with Crippen LogP contribution in [0.1, 0.15) is 49.0 Å². The van der Waals surface area contributed by atoms with Crippen LogP contribution in [0.4, 0.5) is 0 Å². The van der Waals surface area contributed by atoms with Gasteiger partial charge in [0, 0.05) is 5.56 Å². The van der Waals surface area contributed by atoms with Gasteiger partial charge >= 0.3 is 5.97 Å². The Morgan fingerprint density at radius 1 is 1.19 bits per heavy atom. The SMILES string of the molecule is C[C@](O)(CO)CCC[C@](C)(O)c1ccc(C(=O)O)cc1O. The van der Waals surface area contributed by atoms with Crippen molar-refractivity contribution < 1.29 is 30.3 Å². The zero-order chi connectivity index (χ0) is 16.3. The number of hydrogen-bond donors (Lipinski definition) is 5. The van der Waals surface area contributed by atoms with Crippen LogP contribution in [0.15, 0.2) is 18.2 Å². The molecule has 0 aliphatic carbocycles. The zero-order valence-corrected chi connectivity index (χ0v) is 12.2. The van der Waals surface area contributed by atoms with Crippen LogP contribution in [0.5, 0.6) is 5.75 Å². The molecule has 0 saturated carbocycles. The molecule has 0 radical (unpaired) electrons. The maximum Gasteiger partial charge on any atom is 0.335 e. The molecule has 5 N–H and O–H groups in total. The van der Waals surface area contributed by atoms with E-state index < -0.39 is 17.2 Å². The second-order valence-corrected chi connectivity index (χ2v) is 5.82. The Morgan fingerprint density at radius 2 is 1.81 bits per heavy atom. The van der Waals surface area contributed by atoms with Crippen LogP contribution in [-0.4, -0.2) is 43.7 Å². The van der Waals surface area contributed by atoms with Gasteiger partial charge in [0.25, 0.3) is 0 Å². The Kier molecular flexibility index (Phi) is 5.33. The summed E-state index contributed by atoms with van der Waals surface area (Å²) in [5, 5.41) is 47.8. The van der Waals surface area contributed by atoms with Gasteiger partial charge < -0.3 is 25.5 Å². The van der Waals surface area contributed by atoms with E-state index in [1.807, 2.05) is 0 Å². The summed E-state index contributed by atoms with van der Waals surface area (Å²) < 4.78 is 0. The molecule has 0 amide bonds. The van der Waals surface area contributed by atoms with Gasteiger partial charge in [-0.05, 0) is 45.2 Å². The monoisotopic (exact) mass is 298 g/mol. The van der Waals surface area contributed by atoms with Gasteiger partial charge in [-0.2, -0.15) is 0 Å². The van der Waals surface area contributed by atoms with Gasteiger partial charge in [-0.25, -0.2) is 4.79 Å². The van der Waals surface area contributed by atoms with E-state index in [2.05, 4.69) is 0 Å². The minimum atomic E-state index is -1.35. The summed E-state index contributed by atoms with van der Waals surface area (Å²) in [6.45, 7) is 2.64. The Labute approximate surface area is 123 Å². The predicted octanol–water partition coefficient (Wildman–Crippen LogP) is 1.21. The van der Waals surface area contributed by atoms with Crippen LogP contribution >= 0.6 is 0 Å². The third kappa shape index (κ3) is 4.70. The molecule has 1 aromatic carbocycles. The number of carboxylic acid groups (broad SMARTS) is 1. The highest BCUT2D eigenvalue weighted by Crippen LogP contribution is 2.34. The molecule has 6 nitrogen and oxygen atoms in total. The largest absolute Gasteiger partial charge is 0.508 e. The third-order valence-corrected chi connectivity index (χ3v) is 3.54. The van der Waals surface area contributed by atoms with E-state index in [1.165, 1.54) is 26.0 Å². The van der Waals surface area contributed by atoms with Crippen molar-refractivity contribution in [2.75, 3.05) is 6.61 Å². The van der Waals surface area contributed by atoms with Gasteiger partial charge in [-0.15, -0.1) is 0 Å². The quantitative estimate of drug-likeness (QED) is 0.516. The number of aliphatic hydroxyl groups is 3. The van der Waals surface area contributed by atoms with Crippen molar-refractivity contribution in [2.45, 2.75) is 44.3 Å². The molecular weight excluding hydrogens is 276 g/mol. The van der Waals surface area contributed by atoms with Crippen LogP contribution < -0.4 is 0 Å². The smallest absolute Gasteiger partial charge is 0.335 e. The molecule has 0 saturated heterocycles. The van der Waals surface area contributed by atoms with E-state index in [4.69, 9.17) is 10.2 Å². The number of rotatable bonds is 7. The number of aromatic hydroxyl groups is 1. The summed E-state index contributed by atoms with van der Waals surface area (Å²) in [7, 11) is 0. The molecule has 0 aromatic heterocycles. The molecule has 0 fully saturated rings. The number of hydrogen-bond acceptors (Lipinski definition) is 5. The second-order valence-electron chi connectivity index (χ2n) is 5.82. The zero-order valence-electron chi connectivity index (χ0n) is 12.2. The molecule has 0 bridgehead atoms. The van der Waals surface area contributed by atoms with Gasteiger partial charge in [-0.1, -0.05) is 6.07 Å². The first-order valence-electron chi connectivity index (χ1n) is 6.71. The van der Waals surface area contributed by atoms with Gasteiger partial charge in [0.05, 0.1) is 23.4 Å². The molecule has 0 unspecified atom stereocenters. The average Bonchev–Trinajstić information content (AvgIpc) is 2.37. The second kappa shape index (κ2) is 6.43. The van der Waals surface area contributed by atoms with E-state index >= 15 is 0 Å². The number of aromatic carboxylic acids is 1. The van der Waals surface area contributed by atoms with Crippen molar-refractivity contribution in [3.8, 4) is 5.75 Å². The van der Waals surface area contributed by atoms with Crippen molar-refractivity contribution in [1.82, 2.24) is 0 Å². The van der Waals surface area contributed by atoms with Gasteiger partial charge in [0.15, 0.2) is 0 Å². The third-order valence-electron chi connectivity index (χ3n) is 3.54. The van der Waals surface area contributed by atoms with Gasteiger partial charge in [-0.3, -0.25) is 0 Å². The fourth-order valence-electron chi connectivity index (χ4n) is 2.15. The highest BCUT2D eigenvalue weighted by Gasteiger charge is 2.28. The number of phenols is 1. The normalized spacial score (nSPS) is 17.0. The first-order valence-corrected chi connectivity index (χ1v) is 6.71. The van der Waals surface area contributed by atoms with Crippen molar-refractivity contribution in [1.29, 1.82) is 0 Å². The summed E-state index contributed by atoms with van der Waals surface area (Å²) >= 11 is 0. The lowest BCUT2D eigenvalue weighted by Crippen LogP contribution is -2.30. The maximum absolute atomic E-state index is 10.8. The predicted molar refractivity (Wildman–Crippen MR) is 76.2 cm³/mol. The van der Waals surface area contributed by atoms with Crippen molar-refractivity contribution >= 4 is 5.97 Å². The number of carboxylic acids is 1. The van der Waals surface area contributed by atoms with Crippen molar-refractivity contribution in [3.63, 3.8) is 0 Å². The molecule has 21 heavy (non-hydrogen) atoms. The van der Waals surface area contributed by atoms with Crippen LogP contribution in [0.3, 0.4) is 0 Å². The Hall–Kier alpha value is -1.63. The number of benzene rings is 1. The summed E-state index contributed by atoms with van der Waals surface area (Å²) in [4.78, 5) is 10.8. The molecule has 118 valence electrons. The molecule has 6 heteroatoms. The molecule has 0 spiro atoms. The Balaban J connectivity index is 2.81. The minimum Gasteiger partial charge on any atom is -0.508 e. The first kappa shape index (κ1) is 17.4. The van der Waals surface area contributed by atoms with Crippen LogP contribution in [0.25, 0.3) is 0 Å². The summed E-state index contributed by atoms with van der Waals surface area (Å²) in [6.07, 6.45) is 0.984. The standard InChI is InChI=1S/C15H22O6/c1-14(20,9-16)6-3-7-15(2,21)11-5-4-10(13(18)19)8-12(11)17/h4-5,8,16-17,20-21H,3,6-7,9H2,1-2H3,(H,18,19)/t14-,15+/m1/s1. The lowest BCUT2D eigenvalue weighted by molar-refractivity contribution is -0.0164. The molecule has 0 aliphatic rings. The molecule has 2 atom stereocenters. The van der Waals surface area contributed by atoms with E-state index in [0.29, 0.717) is 12.8 Å². The Morgan fingerprint density at radius 3 is 2.29 bits per heavy atom. The van der Waals surface area contributed by atoms with E-state index in [0.717, 1.165) is 6.07 Å². The van der Waals surface area contributed by atoms with Gasteiger partial charge in [0.2, 0.25) is 0 Å². The highest BCUT2D eigenvalue weighted by atomic mass is 16.4.